The molecule has 7 nitrogen and oxygen atoms in total. The number of pyridine rings is 1. The maximum Gasteiger partial charge on any atom is 0.253 e. The molecule has 0 aliphatic carbocycles. The molecule has 3 aromatic carbocycles. The largest absolute Gasteiger partial charge is 0.359 e. The number of fused-ring (bicyclic) bond motifs is 3. The second-order valence-corrected chi connectivity index (χ2v) is 11.4. The average molecular weight is 600 g/mol. The fraction of sp³-hybridized carbons (Fsp3) is 0.212. The van der Waals surface area contributed by atoms with Crippen LogP contribution in [0.4, 0.5) is 20.3 Å². The topological polar surface area (TPSA) is 86.7 Å². The zero-order chi connectivity index (χ0) is 30.3. The maximum atomic E-state index is 14.8. The third-order valence-corrected chi connectivity index (χ3v) is 8.30. The van der Waals surface area contributed by atoms with Crippen LogP contribution in [0.25, 0.3) is 11.1 Å². The van der Waals surface area contributed by atoms with Crippen molar-refractivity contribution in [3.8, 4) is 11.1 Å². The minimum atomic E-state index is -0.705. The van der Waals surface area contributed by atoms with Gasteiger partial charge in [0.15, 0.2) is 0 Å². The SMILES string of the molecule is CNC(=O)C1(C)CCN(C(=O)c2ccc(Nc3cc4c(cn3)CN=C(c3c(F)cccc3F)c3cc(Cl)ccc3-4)cc2)C1. The summed E-state index contributed by atoms with van der Waals surface area (Å²) < 4.78 is 29.7. The van der Waals surface area contributed by atoms with Gasteiger partial charge in [0.1, 0.15) is 17.5 Å². The van der Waals surface area contributed by atoms with Gasteiger partial charge in [-0.1, -0.05) is 23.7 Å². The lowest BCUT2D eigenvalue weighted by Gasteiger charge is -2.22. The summed E-state index contributed by atoms with van der Waals surface area (Å²) in [6, 6.07) is 17.9. The molecule has 2 aliphatic heterocycles. The number of aromatic nitrogens is 1. The quantitative estimate of drug-likeness (QED) is 0.279. The normalized spacial score (nSPS) is 17.4. The van der Waals surface area contributed by atoms with Gasteiger partial charge >= 0.3 is 0 Å². The summed E-state index contributed by atoms with van der Waals surface area (Å²) in [5.74, 6) is -1.06. The average Bonchev–Trinajstić information content (AvgIpc) is 3.34. The van der Waals surface area contributed by atoms with Crippen molar-refractivity contribution in [2.24, 2.45) is 10.4 Å². The van der Waals surface area contributed by atoms with Crippen LogP contribution in [-0.4, -0.2) is 47.5 Å². The number of rotatable bonds is 5. The zero-order valence-corrected chi connectivity index (χ0v) is 24.3. The van der Waals surface area contributed by atoms with Gasteiger partial charge in [0.25, 0.3) is 5.91 Å². The number of carbonyl (C=O) groups excluding carboxylic acids is 2. The molecule has 1 saturated heterocycles. The van der Waals surface area contributed by atoms with E-state index in [1.54, 1.807) is 54.5 Å². The predicted octanol–water partition coefficient (Wildman–Crippen LogP) is 6.37. The van der Waals surface area contributed by atoms with Crippen LogP contribution in [0.1, 0.15) is 40.4 Å². The number of amides is 2. The number of halogens is 3. The smallest absolute Gasteiger partial charge is 0.253 e. The van der Waals surface area contributed by atoms with E-state index >= 15 is 0 Å². The highest BCUT2D eigenvalue weighted by Gasteiger charge is 2.41. The Kier molecular flexibility index (Phi) is 7.43. The molecule has 1 unspecified atom stereocenters. The van der Waals surface area contributed by atoms with Crippen molar-refractivity contribution in [1.82, 2.24) is 15.2 Å². The highest BCUT2D eigenvalue weighted by Crippen LogP contribution is 2.37. The molecule has 1 aromatic heterocycles. The van der Waals surface area contributed by atoms with E-state index in [2.05, 4.69) is 20.6 Å². The van der Waals surface area contributed by atoms with E-state index in [-0.39, 0.29) is 29.6 Å². The Balaban J connectivity index is 1.25. The van der Waals surface area contributed by atoms with Crippen molar-refractivity contribution < 1.29 is 18.4 Å². The Bertz CT molecular complexity index is 1770. The van der Waals surface area contributed by atoms with Gasteiger partial charge in [-0.2, -0.15) is 0 Å². The molecule has 2 N–H and O–H groups in total. The van der Waals surface area contributed by atoms with Crippen molar-refractivity contribution in [1.29, 1.82) is 0 Å². The Morgan fingerprint density at radius 2 is 1.72 bits per heavy atom. The van der Waals surface area contributed by atoms with E-state index in [9.17, 15) is 18.4 Å². The first kappa shape index (κ1) is 28.5. The van der Waals surface area contributed by atoms with Gasteiger partial charge in [0.2, 0.25) is 5.91 Å². The van der Waals surface area contributed by atoms with Crippen LogP contribution in [0.3, 0.4) is 0 Å². The minimum Gasteiger partial charge on any atom is -0.359 e. The first-order valence-electron chi connectivity index (χ1n) is 13.8. The van der Waals surface area contributed by atoms with Gasteiger partial charge < -0.3 is 15.5 Å². The Morgan fingerprint density at radius 1 is 0.977 bits per heavy atom. The van der Waals surface area contributed by atoms with Gasteiger partial charge in [-0.25, -0.2) is 13.8 Å². The van der Waals surface area contributed by atoms with Crippen LogP contribution in [-0.2, 0) is 11.3 Å². The second-order valence-electron chi connectivity index (χ2n) is 11.0. The number of anilines is 2. The molecule has 2 aliphatic rings. The van der Waals surface area contributed by atoms with Crippen molar-refractivity contribution in [2.45, 2.75) is 19.9 Å². The lowest BCUT2D eigenvalue weighted by Crippen LogP contribution is -2.40. The standard InChI is InChI=1S/C33H28ClF2N5O2/c1-33(32(43)37-2)12-13-41(18-33)31(42)19-6-9-22(10-7-19)40-28-15-24-20(16-38-28)17-39-30(25-14-21(34)8-11-23(24)25)29-26(35)4-3-5-27(29)36/h3-11,14-16H,12-13,17-18H2,1-2H3,(H,37,43)(H,38,40). The van der Waals surface area contributed by atoms with Gasteiger partial charge in [0, 0.05) is 48.2 Å². The predicted molar refractivity (Wildman–Crippen MR) is 163 cm³/mol. The van der Waals surface area contributed by atoms with Crippen molar-refractivity contribution in [3.63, 3.8) is 0 Å². The van der Waals surface area contributed by atoms with E-state index in [1.807, 2.05) is 19.1 Å². The third-order valence-electron chi connectivity index (χ3n) is 8.06. The van der Waals surface area contributed by atoms with Crippen molar-refractivity contribution in [2.75, 3.05) is 25.5 Å². The monoisotopic (exact) mass is 599 g/mol. The van der Waals surface area contributed by atoms with Crippen LogP contribution in [0.15, 0.2) is 77.9 Å². The first-order chi connectivity index (χ1) is 20.7. The molecular formula is C33H28ClF2N5O2. The molecule has 43 heavy (non-hydrogen) atoms. The molecule has 10 heteroatoms. The molecule has 1 fully saturated rings. The lowest BCUT2D eigenvalue weighted by atomic mass is 9.89. The maximum absolute atomic E-state index is 14.8. The van der Waals surface area contributed by atoms with Crippen molar-refractivity contribution >= 4 is 40.6 Å². The van der Waals surface area contributed by atoms with E-state index in [0.29, 0.717) is 41.5 Å². The fourth-order valence-corrected chi connectivity index (χ4v) is 5.88. The number of aliphatic imine (C=N–C) groups is 1. The lowest BCUT2D eigenvalue weighted by molar-refractivity contribution is -0.128. The van der Waals surface area contributed by atoms with E-state index in [0.717, 1.165) is 22.4 Å². The number of nitrogens with one attached hydrogen (secondary N) is 2. The third kappa shape index (κ3) is 5.36. The second kappa shape index (κ2) is 11.2. The molecular weight excluding hydrogens is 572 g/mol. The summed E-state index contributed by atoms with van der Waals surface area (Å²) in [6.07, 6.45) is 2.30. The molecule has 1 atom stereocenters. The molecule has 2 amide bonds. The first-order valence-corrected chi connectivity index (χ1v) is 14.2. The molecule has 3 heterocycles. The Labute approximate surface area is 252 Å². The summed E-state index contributed by atoms with van der Waals surface area (Å²) in [5.41, 5.74) is 3.47. The molecule has 6 rings (SSSR count). The molecule has 0 saturated carbocycles. The Hall–Kier alpha value is -4.63. The van der Waals surface area contributed by atoms with Gasteiger partial charge in [-0.05, 0) is 84.6 Å². The summed E-state index contributed by atoms with van der Waals surface area (Å²) in [7, 11) is 1.61. The summed E-state index contributed by atoms with van der Waals surface area (Å²) in [5, 5.41) is 6.38. The number of likely N-dealkylation sites (tertiary alicyclic amines) is 1. The molecule has 0 bridgehead atoms. The summed E-state index contributed by atoms with van der Waals surface area (Å²) in [6.45, 7) is 2.93. The highest BCUT2D eigenvalue weighted by molar-refractivity contribution is 6.31. The van der Waals surface area contributed by atoms with E-state index in [4.69, 9.17) is 11.6 Å². The van der Waals surface area contributed by atoms with Crippen LogP contribution in [0, 0.1) is 17.0 Å². The van der Waals surface area contributed by atoms with Gasteiger partial charge in [0.05, 0.1) is 23.2 Å². The highest BCUT2D eigenvalue weighted by atomic mass is 35.5. The molecule has 218 valence electrons. The van der Waals surface area contributed by atoms with Crippen LogP contribution in [0.2, 0.25) is 5.02 Å². The van der Waals surface area contributed by atoms with Gasteiger partial charge in [-0.15, -0.1) is 0 Å². The van der Waals surface area contributed by atoms with E-state index in [1.165, 1.54) is 18.2 Å². The summed E-state index contributed by atoms with van der Waals surface area (Å²) in [4.78, 5) is 36.2. The number of hydrogen-bond donors (Lipinski definition) is 2. The number of benzene rings is 3. The van der Waals surface area contributed by atoms with Crippen molar-refractivity contribution in [3.05, 3.63) is 112 Å². The van der Waals surface area contributed by atoms with Crippen LogP contribution < -0.4 is 10.6 Å². The fourth-order valence-electron chi connectivity index (χ4n) is 5.71. The van der Waals surface area contributed by atoms with E-state index < -0.39 is 17.0 Å². The summed E-state index contributed by atoms with van der Waals surface area (Å²) >= 11 is 6.33. The molecule has 0 spiro atoms. The zero-order valence-electron chi connectivity index (χ0n) is 23.5. The van der Waals surface area contributed by atoms with Crippen LogP contribution >= 0.6 is 11.6 Å². The molecule has 4 aromatic rings. The minimum absolute atomic E-state index is 0.0662. The number of hydrogen-bond acceptors (Lipinski definition) is 5. The Morgan fingerprint density at radius 3 is 2.44 bits per heavy atom. The van der Waals surface area contributed by atoms with Crippen LogP contribution in [0.5, 0.6) is 0 Å². The number of carbonyl (C=O) groups is 2. The number of nitrogens with zero attached hydrogens (tertiary/aromatic N) is 3. The van der Waals surface area contributed by atoms with Gasteiger partial charge in [-0.3, -0.25) is 14.6 Å². The molecule has 0 radical (unpaired) electrons.